The van der Waals surface area contributed by atoms with Gasteiger partial charge in [-0.3, -0.25) is 14.1 Å². The van der Waals surface area contributed by atoms with Crippen LogP contribution in [0, 0.1) is 0 Å². The second kappa shape index (κ2) is 8.53. The van der Waals surface area contributed by atoms with Crippen molar-refractivity contribution in [2.24, 2.45) is 0 Å². The Kier molecular flexibility index (Phi) is 5.69. The highest BCUT2D eigenvalue weighted by Crippen LogP contribution is 2.27. The van der Waals surface area contributed by atoms with Crippen LogP contribution in [-0.4, -0.2) is 69.0 Å². The van der Waals surface area contributed by atoms with E-state index >= 15 is 0 Å². The quantitative estimate of drug-likeness (QED) is 0.422. The summed E-state index contributed by atoms with van der Waals surface area (Å²) in [5.74, 6) is 0.545. The largest absolute Gasteiger partial charge is 0.379 e. The van der Waals surface area contributed by atoms with Crippen molar-refractivity contribution < 1.29 is 14.0 Å². The zero-order chi connectivity index (χ0) is 23.2. The number of rotatable bonds is 6. The van der Waals surface area contributed by atoms with Crippen LogP contribution in [0.15, 0.2) is 33.8 Å². The molecule has 0 saturated carbocycles. The van der Waals surface area contributed by atoms with E-state index in [0.29, 0.717) is 41.9 Å². The van der Waals surface area contributed by atoms with Crippen molar-refractivity contribution in [2.45, 2.75) is 26.0 Å². The molecule has 1 saturated heterocycles. The van der Waals surface area contributed by atoms with Crippen molar-refractivity contribution >= 4 is 28.2 Å². The zero-order valence-corrected chi connectivity index (χ0v) is 19.5. The van der Waals surface area contributed by atoms with Gasteiger partial charge in [-0.25, -0.2) is 4.98 Å². The number of aromatic nitrogens is 5. The lowest BCUT2D eigenvalue weighted by molar-refractivity contribution is -0.00786. The number of hydrogen-bond donors (Lipinski definition) is 0. The molecule has 1 aliphatic heterocycles. The Hall–Kier alpha value is -2.79. The molecular formula is C22H25ClN6O4. The number of imidazole rings is 1. The van der Waals surface area contributed by atoms with Crippen LogP contribution in [0.2, 0.25) is 5.02 Å². The third-order valence-corrected chi connectivity index (χ3v) is 6.34. The number of ether oxygens (including phenoxy) is 2. The molecule has 174 valence electrons. The Balaban J connectivity index is 1.65. The van der Waals surface area contributed by atoms with Crippen molar-refractivity contribution in [3.05, 3.63) is 45.8 Å². The van der Waals surface area contributed by atoms with Crippen LogP contribution >= 0.6 is 11.6 Å². The fraction of sp³-hybridized carbons (Fsp3) is 0.455. The summed E-state index contributed by atoms with van der Waals surface area (Å²) in [5.41, 5.74) is 1.35. The predicted molar refractivity (Wildman–Crippen MR) is 123 cm³/mol. The van der Waals surface area contributed by atoms with Crippen molar-refractivity contribution in [1.29, 1.82) is 0 Å². The van der Waals surface area contributed by atoms with Gasteiger partial charge in [-0.1, -0.05) is 16.8 Å². The first-order chi connectivity index (χ1) is 15.9. The van der Waals surface area contributed by atoms with Crippen molar-refractivity contribution in [2.75, 3.05) is 40.0 Å². The normalized spacial score (nSPS) is 15.6. The standard InChI is InChI=1S/C22H25ClN6O4/c1-22(2,31-3)21-25-19(26-33-21)17-18-20(30)28(7-6-27-8-10-32-11-9-27)16-12-14(23)4-5-15(16)29(18)13-24-17/h4-5,12-13H,6-11H2,1-3H3. The number of benzene rings is 1. The molecule has 11 heteroatoms. The average molecular weight is 473 g/mol. The molecule has 1 aliphatic rings. The Morgan fingerprint density at radius 2 is 1.97 bits per heavy atom. The molecule has 5 rings (SSSR count). The lowest BCUT2D eigenvalue weighted by Gasteiger charge is -2.27. The summed E-state index contributed by atoms with van der Waals surface area (Å²) in [6, 6.07) is 5.49. The minimum atomic E-state index is -0.761. The number of fused-ring (bicyclic) bond motifs is 3. The lowest BCUT2D eigenvalue weighted by atomic mass is 10.1. The van der Waals surface area contributed by atoms with E-state index in [9.17, 15) is 4.79 Å². The van der Waals surface area contributed by atoms with Crippen LogP contribution in [-0.2, 0) is 21.6 Å². The average Bonchev–Trinajstić information content (AvgIpc) is 3.48. The summed E-state index contributed by atoms with van der Waals surface area (Å²) in [5, 5.41) is 4.64. The molecular weight excluding hydrogens is 448 g/mol. The van der Waals surface area contributed by atoms with E-state index in [4.69, 9.17) is 25.6 Å². The summed E-state index contributed by atoms with van der Waals surface area (Å²) in [6.45, 7) is 7.96. The smallest absolute Gasteiger partial charge is 0.277 e. The SMILES string of the molecule is COC(C)(C)c1nc(-c2ncn3c2c(=O)n(CCN2CCOCC2)c2cc(Cl)ccc23)no1. The molecule has 0 bridgehead atoms. The molecule has 33 heavy (non-hydrogen) atoms. The highest BCUT2D eigenvalue weighted by Gasteiger charge is 2.29. The van der Waals surface area contributed by atoms with E-state index in [1.165, 1.54) is 0 Å². The van der Waals surface area contributed by atoms with Crippen LogP contribution in [0.25, 0.3) is 28.1 Å². The van der Waals surface area contributed by atoms with Crippen molar-refractivity contribution in [3.63, 3.8) is 0 Å². The van der Waals surface area contributed by atoms with Gasteiger partial charge in [0.05, 0.1) is 24.2 Å². The summed E-state index contributed by atoms with van der Waals surface area (Å²) in [4.78, 5) is 25.0. The monoisotopic (exact) mass is 472 g/mol. The van der Waals surface area contributed by atoms with Crippen LogP contribution in [0.4, 0.5) is 0 Å². The van der Waals surface area contributed by atoms with E-state index in [2.05, 4.69) is 20.0 Å². The van der Waals surface area contributed by atoms with Gasteiger partial charge in [0.25, 0.3) is 11.4 Å². The van der Waals surface area contributed by atoms with Gasteiger partial charge in [0, 0.05) is 38.3 Å². The van der Waals surface area contributed by atoms with E-state index in [1.54, 1.807) is 28.5 Å². The van der Waals surface area contributed by atoms with Gasteiger partial charge in [0.2, 0.25) is 5.82 Å². The molecule has 0 unspecified atom stereocenters. The molecule has 3 aromatic heterocycles. The molecule has 0 atom stereocenters. The van der Waals surface area contributed by atoms with Gasteiger partial charge in [-0.15, -0.1) is 0 Å². The maximum Gasteiger partial charge on any atom is 0.277 e. The number of nitrogens with zero attached hydrogens (tertiary/aromatic N) is 6. The van der Waals surface area contributed by atoms with Gasteiger partial charge in [-0.2, -0.15) is 4.98 Å². The van der Waals surface area contributed by atoms with Crippen LogP contribution in [0.1, 0.15) is 19.7 Å². The van der Waals surface area contributed by atoms with Gasteiger partial charge >= 0.3 is 0 Å². The molecule has 0 aliphatic carbocycles. The first-order valence-electron chi connectivity index (χ1n) is 10.8. The molecule has 1 aromatic carbocycles. The molecule has 0 spiro atoms. The Labute approximate surface area is 194 Å². The molecule has 0 amide bonds. The van der Waals surface area contributed by atoms with Crippen molar-refractivity contribution in [3.8, 4) is 11.5 Å². The molecule has 0 radical (unpaired) electrons. The van der Waals surface area contributed by atoms with Crippen LogP contribution < -0.4 is 5.56 Å². The third-order valence-electron chi connectivity index (χ3n) is 6.11. The van der Waals surface area contributed by atoms with Gasteiger partial charge in [-0.05, 0) is 32.0 Å². The maximum absolute atomic E-state index is 13.7. The number of methoxy groups -OCH3 is 1. The molecule has 4 aromatic rings. The van der Waals surface area contributed by atoms with Gasteiger partial charge in [0.15, 0.2) is 0 Å². The Morgan fingerprint density at radius 1 is 1.18 bits per heavy atom. The minimum absolute atomic E-state index is 0.192. The summed E-state index contributed by atoms with van der Waals surface area (Å²) in [7, 11) is 1.57. The Bertz CT molecular complexity index is 1370. The molecule has 10 nitrogen and oxygen atoms in total. The molecule has 0 N–H and O–H groups in total. The highest BCUT2D eigenvalue weighted by molar-refractivity contribution is 6.31. The summed E-state index contributed by atoms with van der Waals surface area (Å²) in [6.07, 6.45) is 1.60. The topological polar surface area (TPSA) is 99.9 Å². The number of halogens is 1. The second-order valence-electron chi connectivity index (χ2n) is 8.49. The van der Waals surface area contributed by atoms with E-state index in [1.807, 2.05) is 26.0 Å². The van der Waals surface area contributed by atoms with Crippen LogP contribution in [0.5, 0.6) is 0 Å². The fourth-order valence-electron chi connectivity index (χ4n) is 3.99. The summed E-state index contributed by atoms with van der Waals surface area (Å²) < 4.78 is 19.8. The minimum Gasteiger partial charge on any atom is -0.379 e. The lowest BCUT2D eigenvalue weighted by Crippen LogP contribution is -2.39. The number of hydrogen-bond acceptors (Lipinski definition) is 8. The Morgan fingerprint density at radius 3 is 2.73 bits per heavy atom. The number of morpholine rings is 1. The third kappa shape index (κ3) is 3.93. The van der Waals surface area contributed by atoms with Gasteiger partial charge < -0.3 is 18.6 Å². The summed E-state index contributed by atoms with van der Waals surface area (Å²) >= 11 is 6.29. The second-order valence-corrected chi connectivity index (χ2v) is 8.93. The predicted octanol–water partition coefficient (Wildman–Crippen LogP) is 2.57. The first kappa shape index (κ1) is 22.0. The highest BCUT2D eigenvalue weighted by atomic mass is 35.5. The molecule has 4 heterocycles. The molecule has 1 fully saturated rings. The van der Waals surface area contributed by atoms with E-state index in [0.717, 1.165) is 30.7 Å². The van der Waals surface area contributed by atoms with Crippen LogP contribution in [0.3, 0.4) is 0 Å². The first-order valence-corrected chi connectivity index (χ1v) is 11.2. The van der Waals surface area contributed by atoms with Crippen molar-refractivity contribution in [1.82, 2.24) is 29.0 Å². The van der Waals surface area contributed by atoms with E-state index in [-0.39, 0.29) is 11.4 Å². The fourth-order valence-corrected chi connectivity index (χ4v) is 4.16. The van der Waals surface area contributed by atoms with Gasteiger partial charge in [0.1, 0.15) is 23.1 Å². The zero-order valence-electron chi connectivity index (χ0n) is 18.7. The maximum atomic E-state index is 13.7. The van der Waals surface area contributed by atoms with E-state index < -0.39 is 5.60 Å².